The van der Waals surface area contributed by atoms with Crippen molar-refractivity contribution in [3.05, 3.63) is 29.8 Å². The molecule has 0 saturated carbocycles. The Hall–Kier alpha value is -1.07. The third-order valence-corrected chi connectivity index (χ3v) is 4.51. The predicted molar refractivity (Wildman–Crippen MR) is 113 cm³/mol. The van der Waals surface area contributed by atoms with Gasteiger partial charge in [-0.05, 0) is 44.3 Å². The smallest absolute Gasteiger partial charge is 0.380 e. The zero-order valence-corrected chi connectivity index (χ0v) is 17.8. The Balaban J connectivity index is 0.00000364. The highest BCUT2D eigenvalue weighted by Crippen LogP contribution is 2.24. The Morgan fingerprint density at radius 3 is 2.59 bits per heavy atom. The second kappa shape index (κ2) is 11.7. The lowest BCUT2D eigenvalue weighted by Gasteiger charge is -2.32. The number of aliphatic imine (C=N–C) groups is 1. The third kappa shape index (κ3) is 9.11. The van der Waals surface area contributed by atoms with E-state index in [0.717, 1.165) is 30.5 Å². The number of rotatable bonds is 7. The number of nitrogens with two attached hydrogens (primary N) is 1. The molecule has 0 amide bonds. The molecule has 0 aliphatic carbocycles. The molecule has 1 aromatic carbocycles. The van der Waals surface area contributed by atoms with Gasteiger partial charge < -0.3 is 15.8 Å². The molecule has 1 heterocycles. The van der Waals surface area contributed by atoms with Crippen molar-refractivity contribution in [3.63, 3.8) is 0 Å². The number of para-hydroxylation sites is 1. The molecule has 5 nitrogen and oxygen atoms in total. The minimum Gasteiger partial charge on any atom is -0.380 e. The average molecular weight is 500 g/mol. The molecule has 1 aliphatic heterocycles. The molecule has 0 aromatic heterocycles. The zero-order valence-electron chi connectivity index (χ0n) is 15.5. The van der Waals surface area contributed by atoms with Crippen LogP contribution in [0, 0.1) is 5.92 Å². The maximum absolute atomic E-state index is 12.4. The Morgan fingerprint density at radius 1 is 1.30 bits per heavy atom. The second-order valence-electron chi connectivity index (χ2n) is 6.61. The molecule has 0 spiro atoms. The third-order valence-electron chi connectivity index (χ3n) is 4.51. The van der Waals surface area contributed by atoms with E-state index < -0.39 is 12.7 Å². The van der Waals surface area contributed by atoms with Crippen molar-refractivity contribution in [2.75, 3.05) is 38.6 Å². The van der Waals surface area contributed by atoms with Crippen molar-refractivity contribution in [1.82, 2.24) is 4.90 Å². The minimum absolute atomic E-state index is 0. The first kappa shape index (κ1) is 24.0. The van der Waals surface area contributed by atoms with Crippen LogP contribution in [0.3, 0.4) is 0 Å². The van der Waals surface area contributed by atoms with Gasteiger partial charge in [0, 0.05) is 24.9 Å². The Kier molecular flexibility index (Phi) is 10.4. The van der Waals surface area contributed by atoms with Gasteiger partial charge in [-0.25, -0.2) is 0 Å². The first-order valence-electron chi connectivity index (χ1n) is 8.80. The van der Waals surface area contributed by atoms with E-state index >= 15 is 0 Å². The second-order valence-corrected chi connectivity index (χ2v) is 6.61. The van der Waals surface area contributed by atoms with E-state index in [-0.39, 0.29) is 24.0 Å². The van der Waals surface area contributed by atoms with Gasteiger partial charge in [-0.1, -0.05) is 18.2 Å². The fourth-order valence-corrected chi connectivity index (χ4v) is 3.16. The monoisotopic (exact) mass is 500 g/mol. The molecule has 154 valence electrons. The van der Waals surface area contributed by atoms with Gasteiger partial charge in [-0.3, -0.25) is 9.89 Å². The molecule has 27 heavy (non-hydrogen) atoms. The maximum Gasteiger partial charge on any atom is 0.401 e. The molecule has 0 atom stereocenters. The lowest BCUT2D eigenvalue weighted by molar-refractivity contribution is -0.148. The minimum atomic E-state index is -4.11. The van der Waals surface area contributed by atoms with Crippen LogP contribution >= 0.6 is 24.0 Å². The van der Waals surface area contributed by atoms with Gasteiger partial charge in [-0.2, -0.15) is 13.2 Å². The molecule has 0 unspecified atom stereocenters. The summed E-state index contributed by atoms with van der Waals surface area (Å²) in [6.07, 6.45) is -1.73. The molecule has 2 rings (SSSR count). The number of hydrogen-bond donors (Lipinski definition) is 2. The van der Waals surface area contributed by atoms with Crippen molar-refractivity contribution in [1.29, 1.82) is 0 Å². The van der Waals surface area contributed by atoms with Gasteiger partial charge in [0.2, 0.25) is 0 Å². The van der Waals surface area contributed by atoms with Gasteiger partial charge in [0.15, 0.2) is 5.96 Å². The highest BCUT2D eigenvalue weighted by Gasteiger charge is 2.32. The molecular formula is C18H28F3IN4O. The number of nitrogens with one attached hydrogen (secondary N) is 1. The molecule has 0 bridgehead atoms. The summed E-state index contributed by atoms with van der Waals surface area (Å²) in [5, 5.41) is 3.08. The first-order chi connectivity index (χ1) is 12.4. The van der Waals surface area contributed by atoms with Crippen molar-refractivity contribution in [3.8, 4) is 0 Å². The molecule has 1 saturated heterocycles. The maximum atomic E-state index is 12.4. The number of benzene rings is 1. The number of alkyl halides is 3. The van der Waals surface area contributed by atoms with Gasteiger partial charge in [0.05, 0.1) is 13.2 Å². The molecule has 0 radical (unpaired) electrons. The van der Waals surface area contributed by atoms with Crippen LogP contribution in [0.25, 0.3) is 0 Å². The summed E-state index contributed by atoms with van der Waals surface area (Å²) < 4.78 is 42.3. The van der Waals surface area contributed by atoms with E-state index in [4.69, 9.17) is 10.5 Å². The number of hydrogen-bond acceptors (Lipinski definition) is 3. The van der Waals surface area contributed by atoms with E-state index in [1.807, 2.05) is 24.3 Å². The molecule has 9 heteroatoms. The summed E-state index contributed by atoms with van der Waals surface area (Å²) in [4.78, 5) is 5.82. The molecule has 1 aromatic rings. The van der Waals surface area contributed by atoms with Crippen LogP contribution < -0.4 is 11.1 Å². The average Bonchev–Trinajstić information content (AvgIpc) is 2.57. The highest BCUT2D eigenvalue weighted by molar-refractivity contribution is 14.0. The van der Waals surface area contributed by atoms with Crippen LogP contribution in [-0.2, 0) is 11.3 Å². The number of ether oxygens (including phenoxy) is 1. The fraction of sp³-hybridized carbons (Fsp3) is 0.611. The summed E-state index contributed by atoms with van der Waals surface area (Å²) in [7, 11) is 1.63. The number of guanidine groups is 1. The van der Waals surface area contributed by atoms with Crippen LogP contribution in [0.4, 0.5) is 18.9 Å². The lowest BCUT2D eigenvalue weighted by atomic mass is 9.93. The molecular weight excluding hydrogens is 472 g/mol. The standard InChI is InChI=1S/C18H27F3N4O.HI/c1-26-12-15-4-2-3-5-16(15)24-17(22)23-9-6-14-7-10-25(11-8-14)13-18(19,20)21;/h2-5,14H,6-13H2,1H3,(H3,22,23,24);1H. The van der Waals surface area contributed by atoms with E-state index in [2.05, 4.69) is 10.3 Å². The van der Waals surface area contributed by atoms with Gasteiger partial charge in [0.25, 0.3) is 0 Å². The Morgan fingerprint density at radius 2 is 1.96 bits per heavy atom. The largest absolute Gasteiger partial charge is 0.401 e. The van der Waals surface area contributed by atoms with Crippen LogP contribution in [0.2, 0.25) is 0 Å². The molecule has 3 N–H and O–H groups in total. The van der Waals surface area contributed by atoms with E-state index in [9.17, 15) is 13.2 Å². The normalized spacial score (nSPS) is 16.8. The van der Waals surface area contributed by atoms with E-state index in [1.54, 1.807) is 7.11 Å². The molecule has 1 fully saturated rings. The number of piperidine rings is 1. The summed E-state index contributed by atoms with van der Waals surface area (Å²) >= 11 is 0. The number of methoxy groups -OCH3 is 1. The van der Waals surface area contributed by atoms with E-state index in [0.29, 0.717) is 38.1 Å². The SMILES string of the molecule is COCc1ccccc1NC(N)=NCCC1CCN(CC(F)(F)F)CC1.I. The lowest BCUT2D eigenvalue weighted by Crippen LogP contribution is -2.40. The Labute approximate surface area is 175 Å². The van der Waals surface area contributed by atoms with Crippen molar-refractivity contribution >= 4 is 35.6 Å². The van der Waals surface area contributed by atoms with Gasteiger partial charge in [0.1, 0.15) is 0 Å². The van der Waals surface area contributed by atoms with Crippen LogP contribution in [0.1, 0.15) is 24.8 Å². The highest BCUT2D eigenvalue weighted by atomic mass is 127. The summed E-state index contributed by atoms with van der Waals surface area (Å²) in [5.74, 6) is 0.736. The predicted octanol–water partition coefficient (Wildman–Crippen LogP) is 3.84. The summed E-state index contributed by atoms with van der Waals surface area (Å²) in [5.41, 5.74) is 7.79. The van der Waals surface area contributed by atoms with Crippen molar-refractivity contribution < 1.29 is 17.9 Å². The quantitative estimate of drug-likeness (QED) is 0.340. The van der Waals surface area contributed by atoms with Crippen molar-refractivity contribution in [2.45, 2.75) is 32.0 Å². The van der Waals surface area contributed by atoms with Crippen LogP contribution in [0.15, 0.2) is 29.3 Å². The van der Waals surface area contributed by atoms with Crippen LogP contribution in [0.5, 0.6) is 0 Å². The number of nitrogens with zero attached hydrogens (tertiary/aromatic N) is 2. The number of likely N-dealkylation sites (tertiary alicyclic amines) is 1. The summed E-state index contributed by atoms with van der Waals surface area (Å²) in [6.45, 7) is 1.22. The van der Waals surface area contributed by atoms with Crippen LogP contribution in [-0.4, -0.2) is 50.3 Å². The van der Waals surface area contributed by atoms with E-state index in [1.165, 1.54) is 4.90 Å². The zero-order chi connectivity index (χ0) is 19.0. The fourth-order valence-electron chi connectivity index (χ4n) is 3.16. The Bertz CT molecular complexity index is 590. The first-order valence-corrected chi connectivity index (χ1v) is 8.80. The topological polar surface area (TPSA) is 62.9 Å². The molecule has 1 aliphatic rings. The van der Waals surface area contributed by atoms with Gasteiger partial charge in [-0.15, -0.1) is 24.0 Å². The van der Waals surface area contributed by atoms with Crippen molar-refractivity contribution in [2.24, 2.45) is 16.6 Å². The summed E-state index contributed by atoms with van der Waals surface area (Å²) in [6, 6.07) is 7.70. The number of halogens is 4. The van der Waals surface area contributed by atoms with Gasteiger partial charge >= 0.3 is 6.18 Å². The number of anilines is 1.